The Hall–Kier alpha value is -2.30. The number of anilines is 2. The fourth-order valence-corrected chi connectivity index (χ4v) is 1.95. The van der Waals surface area contributed by atoms with E-state index in [1.54, 1.807) is 6.20 Å². The Morgan fingerprint density at radius 1 is 1.44 bits per heavy atom. The highest BCUT2D eigenvalue weighted by Crippen LogP contribution is 2.25. The molecule has 1 aromatic carbocycles. The number of nitrogens with two attached hydrogens (primary N) is 1. The standard InChI is InChI=1S/C13H17N5/c1-3-18-9-8-16-13(18)17(2)11-7-5-4-6-10(11)12(14)15/h4-9H,3H2,1-2H3,(H3,14,15). The van der Waals surface area contributed by atoms with Crippen molar-refractivity contribution in [2.45, 2.75) is 13.5 Å². The highest BCUT2D eigenvalue weighted by Gasteiger charge is 2.14. The lowest BCUT2D eigenvalue weighted by molar-refractivity contribution is 0.754. The van der Waals surface area contributed by atoms with Gasteiger partial charge in [0.15, 0.2) is 0 Å². The fraction of sp³-hybridized carbons (Fsp3) is 0.231. The molecular formula is C13H17N5. The van der Waals surface area contributed by atoms with E-state index in [0.29, 0.717) is 5.56 Å². The van der Waals surface area contributed by atoms with Crippen LogP contribution in [-0.2, 0) is 6.54 Å². The zero-order valence-corrected chi connectivity index (χ0v) is 10.6. The van der Waals surface area contributed by atoms with Crippen LogP contribution >= 0.6 is 0 Å². The number of nitrogens with one attached hydrogen (secondary N) is 1. The van der Waals surface area contributed by atoms with Gasteiger partial charge in [-0.1, -0.05) is 12.1 Å². The van der Waals surface area contributed by atoms with Gasteiger partial charge in [0.2, 0.25) is 5.95 Å². The lowest BCUT2D eigenvalue weighted by Gasteiger charge is -2.21. The van der Waals surface area contributed by atoms with E-state index in [2.05, 4.69) is 11.9 Å². The number of aromatic nitrogens is 2. The van der Waals surface area contributed by atoms with Gasteiger partial charge in [0.05, 0.1) is 5.69 Å². The predicted molar refractivity (Wildman–Crippen MR) is 73.4 cm³/mol. The van der Waals surface area contributed by atoms with E-state index in [1.807, 2.05) is 47.0 Å². The summed E-state index contributed by atoms with van der Waals surface area (Å²) >= 11 is 0. The van der Waals surface area contributed by atoms with Gasteiger partial charge in [-0.05, 0) is 19.1 Å². The van der Waals surface area contributed by atoms with Gasteiger partial charge in [0, 0.05) is 31.5 Å². The van der Waals surface area contributed by atoms with Gasteiger partial charge in [-0.25, -0.2) is 4.98 Å². The second-order valence-electron chi connectivity index (χ2n) is 4.00. The molecule has 1 heterocycles. The van der Waals surface area contributed by atoms with E-state index in [0.717, 1.165) is 18.2 Å². The molecule has 5 heteroatoms. The minimum Gasteiger partial charge on any atom is -0.384 e. The van der Waals surface area contributed by atoms with Crippen molar-refractivity contribution < 1.29 is 0 Å². The molecule has 94 valence electrons. The molecule has 5 nitrogen and oxygen atoms in total. The number of aryl methyl sites for hydroxylation is 1. The fourth-order valence-electron chi connectivity index (χ4n) is 1.95. The highest BCUT2D eigenvalue weighted by atomic mass is 15.3. The summed E-state index contributed by atoms with van der Waals surface area (Å²) in [5.41, 5.74) is 7.20. The summed E-state index contributed by atoms with van der Waals surface area (Å²) in [5.74, 6) is 0.901. The van der Waals surface area contributed by atoms with Gasteiger partial charge in [-0.15, -0.1) is 0 Å². The Morgan fingerprint density at radius 3 is 2.83 bits per heavy atom. The maximum atomic E-state index is 7.62. The summed E-state index contributed by atoms with van der Waals surface area (Å²) < 4.78 is 2.04. The van der Waals surface area contributed by atoms with Crippen LogP contribution in [-0.4, -0.2) is 22.4 Å². The zero-order chi connectivity index (χ0) is 13.1. The Kier molecular flexibility index (Phi) is 3.32. The van der Waals surface area contributed by atoms with Crippen molar-refractivity contribution in [2.75, 3.05) is 11.9 Å². The van der Waals surface area contributed by atoms with E-state index in [9.17, 15) is 0 Å². The third-order valence-corrected chi connectivity index (χ3v) is 2.89. The van der Waals surface area contributed by atoms with Crippen LogP contribution in [0.15, 0.2) is 36.7 Å². The molecule has 0 saturated carbocycles. The average Bonchev–Trinajstić information content (AvgIpc) is 2.86. The molecule has 0 aliphatic carbocycles. The maximum Gasteiger partial charge on any atom is 0.209 e. The molecule has 0 radical (unpaired) electrons. The number of nitrogen functional groups attached to an aromatic ring is 1. The summed E-state index contributed by atoms with van der Waals surface area (Å²) in [6.07, 6.45) is 3.70. The summed E-state index contributed by atoms with van der Waals surface area (Å²) in [4.78, 5) is 6.29. The van der Waals surface area contributed by atoms with Gasteiger partial charge in [0.25, 0.3) is 0 Å². The SMILES string of the molecule is CCn1ccnc1N(C)c1ccccc1C(=N)N. The van der Waals surface area contributed by atoms with Crippen LogP contribution in [0.2, 0.25) is 0 Å². The van der Waals surface area contributed by atoms with Gasteiger partial charge in [0.1, 0.15) is 5.84 Å². The van der Waals surface area contributed by atoms with Crippen molar-refractivity contribution in [1.82, 2.24) is 9.55 Å². The van der Waals surface area contributed by atoms with Crippen molar-refractivity contribution in [3.63, 3.8) is 0 Å². The summed E-state index contributed by atoms with van der Waals surface area (Å²) in [6, 6.07) is 7.58. The van der Waals surface area contributed by atoms with E-state index in [1.165, 1.54) is 0 Å². The molecule has 0 bridgehead atoms. The Balaban J connectivity index is 2.46. The van der Waals surface area contributed by atoms with Crippen LogP contribution in [0.5, 0.6) is 0 Å². The van der Waals surface area contributed by atoms with Crippen LogP contribution in [0.1, 0.15) is 12.5 Å². The first-order valence-corrected chi connectivity index (χ1v) is 5.83. The van der Waals surface area contributed by atoms with E-state index in [4.69, 9.17) is 11.1 Å². The van der Waals surface area contributed by atoms with Crippen molar-refractivity contribution in [3.8, 4) is 0 Å². The second kappa shape index (κ2) is 4.91. The topological polar surface area (TPSA) is 70.9 Å². The molecule has 3 N–H and O–H groups in total. The van der Waals surface area contributed by atoms with Crippen molar-refractivity contribution in [3.05, 3.63) is 42.2 Å². The van der Waals surface area contributed by atoms with E-state index >= 15 is 0 Å². The molecule has 2 rings (SSSR count). The first-order chi connectivity index (χ1) is 8.65. The monoisotopic (exact) mass is 243 g/mol. The van der Waals surface area contributed by atoms with Gasteiger partial charge >= 0.3 is 0 Å². The number of amidine groups is 1. The Labute approximate surface area is 106 Å². The van der Waals surface area contributed by atoms with Gasteiger partial charge in [-0.2, -0.15) is 0 Å². The molecule has 0 aliphatic heterocycles. The predicted octanol–water partition coefficient (Wildman–Crippen LogP) is 1.95. The maximum absolute atomic E-state index is 7.62. The molecule has 2 aromatic rings. The van der Waals surface area contributed by atoms with Crippen molar-refractivity contribution >= 4 is 17.5 Å². The number of para-hydroxylation sites is 1. The first kappa shape index (κ1) is 12.2. The lowest BCUT2D eigenvalue weighted by atomic mass is 10.1. The number of nitrogens with zero attached hydrogens (tertiary/aromatic N) is 3. The third kappa shape index (κ3) is 2.07. The largest absolute Gasteiger partial charge is 0.384 e. The van der Waals surface area contributed by atoms with Crippen LogP contribution < -0.4 is 10.6 Å². The second-order valence-corrected chi connectivity index (χ2v) is 4.00. The molecule has 0 unspecified atom stereocenters. The molecule has 0 saturated heterocycles. The minimum atomic E-state index is 0.0621. The summed E-state index contributed by atoms with van der Waals surface area (Å²) in [7, 11) is 1.93. The van der Waals surface area contributed by atoms with Crippen molar-refractivity contribution in [2.24, 2.45) is 5.73 Å². The van der Waals surface area contributed by atoms with Gasteiger partial charge < -0.3 is 15.2 Å². The lowest BCUT2D eigenvalue weighted by Crippen LogP contribution is -2.20. The molecule has 0 aliphatic rings. The first-order valence-electron chi connectivity index (χ1n) is 5.83. The van der Waals surface area contributed by atoms with Crippen molar-refractivity contribution in [1.29, 1.82) is 5.41 Å². The number of imidazole rings is 1. The normalized spacial score (nSPS) is 10.3. The molecule has 18 heavy (non-hydrogen) atoms. The van der Waals surface area contributed by atoms with Crippen LogP contribution in [0.25, 0.3) is 0 Å². The molecule has 1 aromatic heterocycles. The minimum absolute atomic E-state index is 0.0621. The van der Waals surface area contributed by atoms with Gasteiger partial charge in [-0.3, -0.25) is 5.41 Å². The molecule has 0 amide bonds. The Morgan fingerprint density at radius 2 is 2.17 bits per heavy atom. The molecular weight excluding hydrogens is 226 g/mol. The summed E-state index contributed by atoms with van der Waals surface area (Å²) in [6.45, 7) is 2.91. The number of rotatable bonds is 4. The van der Waals surface area contributed by atoms with Crippen LogP contribution in [0.4, 0.5) is 11.6 Å². The zero-order valence-electron chi connectivity index (χ0n) is 10.6. The number of hydrogen-bond acceptors (Lipinski definition) is 3. The smallest absolute Gasteiger partial charge is 0.209 e. The molecule has 0 fully saturated rings. The Bertz CT molecular complexity index is 558. The number of benzene rings is 1. The highest BCUT2D eigenvalue weighted by molar-refractivity contribution is 6.01. The average molecular weight is 243 g/mol. The molecule has 0 atom stereocenters. The summed E-state index contributed by atoms with van der Waals surface area (Å²) in [5, 5.41) is 7.62. The third-order valence-electron chi connectivity index (χ3n) is 2.89. The quantitative estimate of drug-likeness (QED) is 0.637. The van der Waals surface area contributed by atoms with E-state index in [-0.39, 0.29) is 5.84 Å². The number of hydrogen-bond donors (Lipinski definition) is 2. The van der Waals surface area contributed by atoms with Crippen LogP contribution in [0, 0.1) is 5.41 Å². The van der Waals surface area contributed by atoms with E-state index < -0.39 is 0 Å². The molecule has 0 spiro atoms. The van der Waals surface area contributed by atoms with Crippen LogP contribution in [0.3, 0.4) is 0 Å².